The molecule has 0 radical (unpaired) electrons. The minimum Gasteiger partial charge on any atom is -0.406 e. The van der Waals surface area contributed by atoms with Crippen LogP contribution in [0, 0.1) is 0 Å². The summed E-state index contributed by atoms with van der Waals surface area (Å²) in [6, 6.07) is 0.171. The molecule has 1 atom stereocenters. The Morgan fingerprint density at radius 2 is 2.21 bits per heavy atom. The van der Waals surface area contributed by atoms with Crippen molar-refractivity contribution >= 4 is 12.8 Å². The van der Waals surface area contributed by atoms with Crippen molar-refractivity contribution in [1.29, 1.82) is 0 Å². The lowest BCUT2D eigenvalue weighted by Gasteiger charge is -2.17. The fraction of sp³-hybridized carbons (Fsp3) is 0.800. The summed E-state index contributed by atoms with van der Waals surface area (Å²) in [5.41, 5.74) is -0.445. The molecule has 0 aliphatic carbocycles. The van der Waals surface area contributed by atoms with Gasteiger partial charge in [-0.05, 0) is 20.8 Å². The summed E-state index contributed by atoms with van der Waals surface area (Å²) in [6.45, 7) is 11.0. The van der Waals surface area contributed by atoms with Crippen molar-refractivity contribution in [2.24, 2.45) is 0 Å². The lowest BCUT2D eigenvalue weighted by atomic mass is 10.2. The highest BCUT2D eigenvalue weighted by atomic mass is 16.6. The molecular formula is C10H19N2O2+. The fourth-order valence-electron chi connectivity index (χ4n) is 1.38. The second-order valence-electron chi connectivity index (χ2n) is 4.60. The molecule has 4 heteroatoms. The monoisotopic (exact) mass is 199 g/mol. The maximum absolute atomic E-state index is 11.6. The second kappa shape index (κ2) is 4.09. The van der Waals surface area contributed by atoms with Crippen LogP contribution in [0.15, 0.2) is 0 Å². The maximum Gasteiger partial charge on any atom is 0.596 e. The summed E-state index contributed by atoms with van der Waals surface area (Å²) in [6.07, 6.45) is 0.606. The molecule has 0 aromatic heterocycles. The first-order chi connectivity index (χ1) is 6.40. The van der Waals surface area contributed by atoms with Gasteiger partial charge in [-0.3, -0.25) is 0 Å². The predicted molar refractivity (Wildman–Crippen MR) is 54.9 cm³/mol. The van der Waals surface area contributed by atoms with Crippen LogP contribution in [0.1, 0.15) is 27.2 Å². The van der Waals surface area contributed by atoms with E-state index in [0.717, 1.165) is 19.5 Å². The lowest BCUT2D eigenvalue weighted by Crippen LogP contribution is -2.36. The smallest absolute Gasteiger partial charge is 0.406 e. The topological polar surface area (TPSA) is 41.3 Å². The van der Waals surface area contributed by atoms with Crippen molar-refractivity contribution in [3.8, 4) is 0 Å². The van der Waals surface area contributed by atoms with Crippen molar-refractivity contribution in [2.45, 2.75) is 38.8 Å². The second-order valence-corrected chi connectivity index (χ2v) is 4.60. The number of hydrogen-bond donors (Lipinski definition) is 1. The average molecular weight is 199 g/mol. The fourth-order valence-corrected chi connectivity index (χ4v) is 1.38. The van der Waals surface area contributed by atoms with Crippen LogP contribution < -0.4 is 5.32 Å². The molecule has 4 nitrogen and oxygen atoms in total. The van der Waals surface area contributed by atoms with Crippen molar-refractivity contribution < 1.29 is 14.1 Å². The lowest BCUT2D eigenvalue weighted by molar-refractivity contribution is -0.478. The number of nitrogens with zero attached hydrogens (tertiary/aromatic N) is 1. The Balaban J connectivity index is 2.48. The molecule has 14 heavy (non-hydrogen) atoms. The molecular weight excluding hydrogens is 180 g/mol. The Morgan fingerprint density at radius 1 is 1.57 bits per heavy atom. The number of hydrogen-bond acceptors (Lipinski definition) is 3. The summed E-state index contributed by atoms with van der Waals surface area (Å²) in [4.78, 5) is 11.6. The highest BCUT2D eigenvalue weighted by Gasteiger charge is 2.33. The van der Waals surface area contributed by atoms with Crippen LogP contribution in [0.3, 0.4) is 0 Å². The van der Waals surface area contributed by atoms with Crippen LogP contribution in [-0.2, 0) is 4.74 Å². The predicted octanol–water partition coefficient (Wildman–Crippen LogP) is 0.996. The molecule has 0 spiro atoms. The zero-order valence-corrected chi connectivity index (χ0v) is 9.17. The number of carbonyl (C=O) groups is 1. The molecule has 1 fully saturated rings. The highest BCUT2D eigenvalue weighted by Crippen LogP contribution is 2.10. The van der Waals surface area contributed by atoms with Crippen LogP contribution in [-0.4, -0.2) is 42.1 Å². The van der Waals surface area contributed by atoms with E-state index < -0.39 is 5.60 Å². The van der Waals surface area contributed by atoms with E-state index in [1.165, 1.54) is 4.58 Å². The molecule has 1 saturated heterocycles. The molecule has 1 aliphatic rings. The van der Waals surface area contributed by atoms with Gasteiger partial charge in [-0.15, -0.1) is 4.58 Å². The summed E-state index contributed by atoms with van der Waals surface area (Å²) in [5, 5.41) is 3.18. The van der Waals surface area contributed by atoms with E-state index in [1.54, 1.807) is 0 Å². The van der Waals surface area contributed by atoms with E-state index in [0.29, 0.717) is 0 Å². The first-order valence-corrected chi connectivity index (χ1v) is 4.93. The maximum atomic E-state index is 11.6. The molecule has 1 heterocycles. The standard InChI is InChI=1S/C10H19N2O2/c1-10(2,3)14-9(13)12(4)8-5-6-11-7-8/h8,11H,4-7H2,1-3H3/q+1. The molecule has 0 aromatic rings. The van der Waals surface area contributed by atoms with Gasteiger partial charge in [-0.1, -0.05) is 0 Å². The third kappa shape index (κ3) is 3.10. The molecule has 1 N–H and O–H groups in total. The van der Waals surface area contributed by atoms with Crippen molar-refractivity contribution in [3.05, 3.63) is 0 Å². The van der Waals surface area contributed by atoms with Crippen LogP contribution in [0.4, 0.5) is 4.79 Å². The Labute approximate surface area is 84.9 Å². The minimum absolute atomic E-state index is 0.171. The van der Waals surface area contributed by atoms with Crippen LogP contribution in [0.25, 0.3) is 0 Å². The van der Waals surface area contributed by atoms with Gasteiger partial charge in [-0.25, -0.2) is 0 Å². The average Bonchev–Trinajstić information content (AvgIpc) is 2.51. The Kier molecular flexibility index (Phi) is 3.26. The molecule has 0 aromatic carbocycles. The van der Waals surface area contributed by atoms with Gasteiger partial charge >= 0.3 is 6.09 Å². The van der Waals surface area contributed by atoms with E-state index in [1.807, 2.05) is 20.8 Å². The van der Waals surface area contributed by atoms with Gasteiger partial charge in [0.15, 0.2) is 6.04 Å². The van der Waals surface area contributed by atoms with Crippen molar-refractivity contribution in [2.75, 3.05) is 13.1 Å². The number of amides is 1. The number of ether oxygens (including phenoxy) is 1. The van der Waals surface area contributed by atoms with Gasteiger partial charge in [-0.2, -0.15) is 4.79 Å². The van der Waals surface area contributed by atoms with E-state index in [4.69, 9.17) is 4.74 Å². The van der Waals surface area contributed by atoms with Gasteiger partial charge < -0.3 is 10.1 Å². The van der Waals surface area contributed by atoms with Gasteiger partial charge in [0.25, 0.3) is 0 Å². The minimum atomic E-state index is -0.445. The first kappa shape index (κ1) is 11.2. The number of nitrogens with one attached hydrogen (secondary N) is 1. The van der Waals surface area contributed by atoms with Crippen LogP contribution >= 0.6 is 0 Å². The summed E-state index contributed by atoms with van der Waals surface area (Å²) in [7, 11) is 0. The summed E-state index contributed by atoms with van der Waals surface area (Å²) >= 11 is 0. The van der Waals surface area contributed by atoms with E-state index in [9.17, 15) is 4.79 Å². The Bertz CT molecular complexity index is 237. The van der Waals surface area contributed by atoms with Gasteiger partial charge in [0.05, 0.1) is 6.54 Å². The molecule has 1 rings (SSSR count). The van der Waals surface area contributed by atoms with E-state index in [2.05, 4.69) is 12.0 Å². The third-order valence-corrected chi connectivity index (χ3v) is 2.10. The molecule has 0 bridgehead atoms. The van der Waals surface area contributed by atoms with E-state index in [-0.39, 0.29) is 12.1 Å². The van der Waals surface area contributed by atoms with Gasteiger partial charge in [0.1, 0.15) is 12.3 Å². The zero-order chi connectivity index (χ0) is 10.8. The molecule has 0 saturated carbocycles. The van der Waals surface area contributed by atoms with Gasteiger partial charge in [0, 0.05) is 13.0 Å². The third-order valence-electron chi connectivity index (χ3n) is 2.10. The summed E-state index contributed by atoms with van der Waals surface area (Å²) < 4.78 is 6.64. The first-order valence-electron chi connectivity index (χ1n) is 4.93. The van der Waals surface area contributed by atoms with Crippen molar-refractivity contribution in [1.82, 2.24) is 5.32 Å². The Morgan fingerprint density at radius 3 is 2.64 bits per heavy atom. The van der Waals surface area contributed by atoms with Crippen molar-refractivity contribution in [3.63, 3.8) is 0 Å². The highest BCUT2D eigenvalue weighted by molar-refractivity contribution is 5.60. The zero-order valence-electron chi connectivity index (χ0n) is 9.17. The molecule has 1 unspecified atom stereocenters. The number of rotatable bonds is 1. The van der Waals surface area contributed by atoms with Crippen LogP contribution in [0.2, 0.25) is 0 Å². The normalized spacial score (nSPS) is 22.1. The SMILES string of the molecule is C=[N+](C(=O)OC(C)(C)C)C1CCNC1. The number of carbonyl (C=O) groups excluding carboxylic acids is 1. The van der Waals surface area contributed by atoms with E-state index >= 15 is 0 Å². The van der Waals surface area contributed by atoms with Gasteiger partial charge in [0.2, 0.25) is 0 Å². The van der Waals surface area contributed by atoms with Crippen LogP contribution in [0.5, 0.6) is 0 Å². The molecule has 1 amide bonds. The quantitative estimate of drug-likeness (QED) is 0.506. The molecule has 80 valence electrons. The molecule has 1 aliphatic heterocycles. The largest absolute Gasteiger partial charge is 0.596 e. The Hall–Kier alpha value is -0.900. The summed E-state index contributed by atoms with van der Waals surface area (Å²) in [5.74, 6) is 0.